The first kappa shape index (κ1) is 17.4. The SMILES string of the molecule is C[C@H](C#N)C[C@@H](NC(=O)c1c2ccccc2cc2ccccc12)C(=O)O. The molecule has 0 aromatic heterocycles. The third-order valence-electron chi connectivity index (χ3n) is 4.41. The predicted molar refractivity (Wildman–Crippen MR) is 99.7 cm³/mol. The number of fused-ring (bicyclic) bond motifs is 2. The summed E-state index contributed by atoms with van der Waals surface area (Å²) in [6.45, 7) is 1.63. The summed E-state index contributed by atoms with van der Waals surface area (Å²) in [5, 5.41) is 24.3. The van der Waals surface area contributed by atoms with Crippen molar-refractivity contribution in [2.24, 2.45) is 5.92 Å². The Kier molecular flexibility index (Phi) is 4.85. The maximum Gasteiger partial charge on any atom is 0.326 e. The van der Waals surface area contributed by atoms with Gasteiger partial charge >= 0.3 is 5.97 Å². The van der Waals surface area contributed by atoms with Crippen LogP contribution in [-0.2, 0) is 4.79 Å². The van der Waals surface area contributed by atoms with Crippen molar-refractivity contribution in [3.8, 4) is 6.07 Å². The van der Waals surface area contributed by atoms with Crippen LogP contribution >= 0.6 is 0 Å². The highest BCUT2D eigenvalue weighted by Gasteiger charge is 2.24. The standard InChI is InChI=1S/C21H18N2O3/c1-13(12-22)10-18(21(25)26)23-20(24)19-16-8-4-2-6-14(16)11-15-7-3-5-9-17(15)19/h2-9,11,13,18H,10H2,1H3,(H,23,24)(H,25,26)/t13-,18+/m0/s1. The van der Waals surface area contributed by atoms with E-state index in [9.17, 15) is 14.7 Å². The molecule has 0 unspecified atom stereocenters. The van der Waals surface area contributed by atoms with Crippen LogP contribution in [0.2, 0.25) is 0 Å². The number of carboxylic acids is 1. The molecule has 0 saturated carbocycles. The van der Waals surface area contributed by atoms with Gasteiger partial charge in [-0.2, -0.15) is 5.26 Å². The van der Waals surface area contributed by atoms with Crippen LogP contribution in [0.4, 0.5) is 0 Å². The minimum atomic E-state index is -1.15. The van der Waals surface area contributed by atoms with E-state index in [0.717, 1.165) is 21.5 Å². The lowest BCUT2D eigenvalue weighted by Gasteiger charge is -2.17. The molecule has 0 aliphatic heterocycles. The topological polar surface area (TPSA) is 90.2 Å². The summed E-state index contributed by atoms with van der Waals surface area (Å²) >= 11 is 0. The second-order valence-corrected chi connectivity index (χ2v) is 6.32. The Labute approximate surface area is 150 Å². The summed E-state index contributed by atoms with van der Waals surface area (Å²) in [6.07, 6.45) is 0.0558. The summed E-state index contributed by atoms with van der Waals surface area (Å²) in [4.78, 5) is 24.5. The fourth-order valence-electron chi connectivity index (χ4n) is 3.12. The van der Waals surface area contributed by atoms with Crippen LogP contribution in [0.15, 0.2) is 54.6 Å². The fourth-order valence-corrected chi connectivity index (χ4v) is 3.12. The Hall–Kier alpha value is -3.39. The van der Waals surface area contributed by atoms with Crippen molar-refractivity contribution in [3.05, 3.63) is 60.2 Å². The van der Waals surface area contributed by atoms with Crippen molar-refractivity contribution in [1.29, 1.82) is 5.26 Å². The third-order valence-corrected chi connectivity index (χ3v) is 4.41. The third kappa shape index (κ3) is 3.35. The van der Waals surface area contributed by atoms with Crippen LogP contribution < -0.4 is 5.32 Å². The van der Waals surface area contributed by atoms with E-state index in [4.69, 9.17) is 5.26 Å². The molecule has 130 valence electrons. The lowest BCUT2D eigenvalue weighted by molar-refractivity contribution is -0.139. The van der Waals surface area contributed by atoms with Crippen LogP contribution in [0.3, 0.4) is 0 Å². The molecule has 3 aromatic rings. The molecular formula is C21H18N2O3. The zero-order valence-corrected chi connectivity index (χ0v) is 14.3. The maximum absolute atomic E-state index is 13.0. The summed E-state index contributed by atoms with van der Waals surface area (Å²) in [6, 6.07) is 17.9. The number of rotatable bonds is 5. The first-order valence-electron chi connectivity index (χ1n) is 8.35. The van der Waals surface area contributed by atoms with E-state index in [1.54, 1.807) is 6.92 Å². The lowest BCUT2D eigenvalue weighted by Crippen LogP contribution is -2.41. The molecule has 5 nitrogen and oxygen atoms in total. The van der Waals surface area contributed by atoms with Crippen LogP contribution in [0.1, 0.15) is 23.7 Å². The van der Waals surface area contributed by atoms with E-state index in [0.29, 0.717) is 5.56 Å². The highest BCUT2D eigenvalue weighted by molar-refractivity contribution is 6.18. The van der Waals surface area contributed by atoms with Gasteiger partial charge in [0.2, 0.25) is 0 Å². The number of hydrogen-bond donors (Lipinski definition) is 2. The summed E-state index contributed by atoms with van der Waals surface area (Å²) < 4.78 is 0. The second-order valence-electron chi connectivity index (χ2n) is 6.32. The van der Waals surface area contributed by atoms with E-state index >= 15 is 0 Å². The molecule has 0 fully saturated rings. The Morgan fingerprint density at radius 1 is 1.08 bits per heavy atom. The predicted octanol–water partition coefficient (Wildman–Crippen LogP) is 3.73. The number of aliphatic carboxylic acids is 1. The van der Waals surface area contributed by atoms with E-state index in [1.165, 1.54) is 0 Å². The molecule has 3 rings (SSSR count). The molecule has 5 heteroatoms. The molecule has 2 atom stereocenters. The molecule has 1 amide bonds. The number of nitriles is 1. The first-order valence-corrected chi connectivity index (χ1v) is 8.35. The molecule has 2 N–H and O–H groups in total. The Morgan fingerprint density at radius 2 is 1.62 bits per heavy atom. The lowest BCUT2D eigenvalue weighted by atomic mass is 9.95. The van der Waals surface area contributed by atoms with Gasteiger partial charge in [0.05, 0.1) is 11.6 Å². The molecule has 0 saturated heterocycles. The van der Waals surface area contributed by atoms with E-state index in [-0.39, 0.29) is 6.42 Å². The van der Waals surface area contributed by atoms with Gasteiger partial charge in [-0.05, 0) is 41.0 Å². The Bertz CT molecular complexity index is 982. The number of carbonyl (C=O) groups is 2. The normalized spacial score (nSPS) is 13.1. The highest BCUT2D eigenvalue weighted by Crippen LogP contribution is 2.28. The molecule has 0 aliphatic rings. The minimum Gasteiger partial charge on any atom is -0.480 e. The van der Waals surface area contributed by atoms with Crippen molar-refractivity contribution in [2.45, 2.75) is 19.4 Å². The molecule has 3 aromatic carbocycles. The number of carbonyl (C=O) groups excluding carboxylic acids is 1. The number of benzene rings is 3. The second kappa shape index (κ2) is 7.24. The van der Waals surface area contributed by atoms with Crippen molar-refractivity contribution < 1.29 is 14.7 Å². The van der Waals surface area contributed by atoms with Crippen molar-refractivity contribution in [1.82, 2.24) is 5.32 Å². The molecule has 0 radical (unpaired) electrons. The number of amides is 1. The van der Waals surface area contributed by atoms with Gasteiger partial charge < -0.3 is 10.4 Å². The quantitative estimate of drug-likeness (QED) is 0.689. The molecule has 0 heterocycles. The average molecular weight is 346 g/mol. The molecule has 26 heavy (non-hydrogen) atoms. The molecular weight excluding hydrogens is 328 g/mol. The Balaban J connectivity index is 2.09. The number of nitrogens with one attached hydrogen (secondary N) is 1. The summed E-state index contributed by atoms with van der Waals surface area (Å²) in [5.74, 6) is -2.07. The van der Waals surface area contributed by atoms with Crippen molar-refractivity contribution >= 4 is 33.4 Å². The Morgan fingerprint density at radius 3 is 2.12 bits per heavy atom. The maximum atomic E-state index is 13.0. The van der Waals surface area contributed by atoms with Gasteiger partial charge in [-0.25, -0.2) is 4.79 Å². The van der Waals surface area contributed by atoms with Gasteiger partial charge in [0.15, 0.2) is 0 Å². The van der Waals surface area contributed by atoms with Crippen LogP contribution in [0, 0.1) is 17.2 Å². The first-order chi connectivity index (χ1) is 12.5. The highest BCUT2D eigenvalue weighted by atomic mass is 16.4. The van der Waals surface area contributed by atoms with Gasteiger partial charge in [-0.1, -0.05) is 48.5 Å². The summed E-state index contributed by atoms with van der Waals surface area (Å²) in [5.41, 5.74) is 0.453. The zero-order valence-electron chi connectivity index (χ0n) is 14.3. The summed E-state index contributed by atoms with van der Waals surface area (Å²) in [7, 11) is 0. The fraction of sp³-hybridized carbons (Fsp3) is 0.190. The van der Waals surface area contributed by atoms with Gasteiger partial charge in [-0.3, -0.25) is 4.79 Å². The van der Waals surface area contributed by atoms with Crippen LogP contribution in [0.25, 0.3) is 21.5 Å². The van der Waals surface area contributed by atoms with Crippen molar-refractivity contribution in [3.63, 3.8) is 0 Å². The zero-order chi connectivity index (χ0) is 18.7. The van der Waals surface area contributed by atoms with E-state index in [1.807, 2.05) is 60.7 Å². The van der Waals surface area contributed by atoms with E-state index in [2.05, 4.69) is 5.32 Å². The van der Waals surface area contributed by atoms with Crippen LogP contribution in [-0.4, -0.2) is 23.0 Å². The monoisotopic (exact) mass is 346 g/mol. The van der Waals surface area contributed by atoms with Gasteiger partial charge in [0.25, 0.3) is 5.91 Å². The van der Waals surface area contributed by atoms with E-state index < -0.39 is 23.8 Å². The van der Waals surface area contributed by atoms with Gasteiger partial charge in [0.1, 0.15) is 6.04 Å². The van der Waals surface area contributed by atoms with Gasteiger partial charge in [-0.15, -0.1) is 0 Å². The van der Waals surface area contributed by atoms with Crippen molar-refractivity contribution in [2.75, 3.05) is 0 Å². The van der Waals surface area contributed by atoms with Gasteiger partial charge in [0, 0.05) is 5.92 Å². The molecule has 0 aliphatic carbocycles. The molecule has 0 bridgehead atoms. The average Bonchev–Trinajstić information content (AvgIpc) is 2.65. The van der Waals surface area contributed by atoms with Crippen LogP contribution in [0.5, 0.6) is 0 Å². The smallest absolute Gasteiger partial charge is 0.326 e. The number of carboxylic acid groups (broad SMARTS) is 1. The molecule has 0 spiro atoms. The number of hydrogen-bond acceptors (Lipinski definition) is 3. The largest absolute Gasteiger partial charge is 0.480 e. The number of nitrogens with zero attached hydrogens (tertiary/aromatic N) is 1. The minimum absolute atomic E-state index is 0.0558.